The molecule has 3 nitrogen and oxygen atoms in total. The summed E-state index contributed by atoms with van der Waals surface area (Å²) in [5.41, 5.74) is 29.3. The molecule has 0 radical (unpaired) electrons. The van der Waals surface area contributed by atoms with Crippen LogP contribution in [0.5, 0.6) is 17.2 Å². The summed E-state index contributed by atoms with van der Waals surface area (Å²) in [5.74, 6) is 1.16. The minimum Gasteiger partial charge on any atom is -0.507 e. The number of benzene rings is 7. The summed E-state index contributed by atoms with van der Waals surface area (Å²) in [6.07, 6.45) is 2.13. The summed E-state index contributed by atoms with van der Waals surface area (Å²) in [5, 5.41) is 38.6. The molecule has 0 amide bonds. The zero-order chi connectivity index (χ0) is 54.9. The van der Waals surface area contributed by atoms with E-state index in [1.165, 1.54) is 100 Å². The van der Waals surface area contributed by atoms with Crippen molar-refractivity contribution in [2.75, 3.05) is 0 Å². The number of fused-ring (bicyclic) bond motifs is 9. The van der Waals surface area contributed by atoms with Crippen LogP contribution in [-0.4, -0.2) is 15.3 Å². The Morgan fingerprint density at radius 2 is 0.493 bits per heavy atom. The van der Waals surface area contributed by atoms with Crippen LogP contribution in [0.3, 0.4) is 0 Å². The summed E-state index contributed by atoms with van der Waals surface area (Å²) in [7, 11) is 0. The third-order valence-corrected chi connectivity index (χ3v) is 17.4. The molecule has 10 rings (SSSR count). The van der Waals surface area contributed by atoms with E-state index in [9.17, 15) is 15.3 Å². The Balaban J connectivity index is 1.43. The molecular weight excluding hydrogens is 913 g/mol. The Labute approximate surface area is 450 Å². The lowest BCUT2D eigenvalue weighted by molar-refractivity contribution is 0.447. The molecule has 7 aromatic rings. The summed E-state index contributed by atoms with van der Waals surface area (Å²) >= 11 is 0. The van der Waals surface area contributed by atoms with Gasteiger partial charge in [-0.05, 0) is 208 Å². The highest BCUT2D eigenvalue weighted by Crippen LogP contribution is 2.60. The van der Waals surface area contributed by atoms with Crippen LogP contribution in [-0.2, 0) is 51.8 Å². The number of hydrogen-bond donors (Lipinski definition) is 3. The lowest BCUT2D eigenvalue weighted by Gasteiger charge is -2.31. The molecule has 0 unspecified atom stereocenters. The van der Waals surface area contributed by atoms with E-state index in [1.54, 1.807) is 0 Å². The molecule has 0 saturated heterocycles. The first-order valence-electron chi connectivity index (χ1n) is 27.8. The third kappa shape index (κ3) is 8.02. The largest absolute Gasteiger partial charge is 0.507 e. The quantitative estimate of drug-likeness (QED) is 0.165. The molecule has 0 heterocycles. The average molecular weight is 997 g/mol. The van der Waals surface area contributed by atoms with Gasteiger partial charge in [0.2, 0.25) is 0 Å². The standard InChI is InChI=1S/C72H84O3/c1-37-55(46-34-52(70(13,14)15)64(73)61-43(46)31-40-25-22-28-49(58(40)61)67(4,5)6)38(2)57(48-36-54(72(19,20)21)66(75)63-45(48)33-42-27-24-30-51(60(42)63)69(10,11)12)39(3)56(37)47-35-53(71(16,17)18)65(74)62-44(47)32-41-26-23-29-50(59(41)62)68(7,8)9/h22-30,34-36,73-75H,31-33H2,1-21H3. The molecule has 3 aliphatic rings. The Hall–Kier alpha value is -6.06. The number of aromatic hydroxyl groups is 3. The fourth-order valence-electron chi connectivity index (χ4n) is 13.9. The normalized spacial score (nSPS) is 14.2. The van der Waals surface area contributed by atoms with Gasteiger partial charge in [-0.2, -0.15) is 0 Å². The second-order valence-corrected chi connectivity index (χ2v) is 29.1. The van der Waals surface area contributed by atoms with E-state index in [2.05, 4.69) is 218 Å². The van der Waals surface area contributed by atoms with Crippen LogP contribution < -0.4 is 0 Å². The molecule has 0 aliphatic heterocycles. The van der Waals surface area contributed by atoms with Crippen molar-refractivity contribution >= 4 is 0 Å². The van der Waals surface area contributed by atoms with Crippen LogP contribution in [0.4, 0.5) is 0 Å². The van der Waals surface area contributed by atoms with Crippen LogP contribution in [0.15, 0.2) is 72.8 Å². The van der Waals surface area contributed by atoms with Gasteiger partial charge in [-0.1, -0.05) is 179 Å². The monoisotopic (exact) mass is 997 g/mol. The van der Waals surface area contributed by atoms with Gasteiger partial charge in [0.05, 0.1) is 0 Å². The van der Waals surface area contributed by atoms with Crippen LogP contribution >= 0.6 is 0 Å². The van der Waals surface area contributed by atoms with Crippen LogP contribution in [0.25, 0.3) is 66.8 Å². The molecule has 0 aromatic heterocycles. The van der Waals surface area contributed by atoms with E-state index in [4.69, 9.17) is 0 Å². The molecule has 0 saturated carbocycles. The average Bonchev–Trinajstić information content (AvgIpc) is 3.99. The maximum atomic E-state index is 12.9. The smallest absolute Gasteiger partial charge is 0.127 e. The predicted octanol–water partition coefficient (Wildman–Crippen LogP) is 19.2. The molecule has 0 fully saturated rings. The van der Waals surface area contributed by atoms with Gasteiger partial charge in [0.1, 0.15) is 17.2 Å². The topological polar surface area (TPSA) is 60.7 Å². The summed E-state index contributed by atoms with van der Waals surface area (Å²) < 4.78 is 0. The van der Waals surface area contributed by atoms with E-state index in [0.29, 0.717) is 36.5 Å². The molecule has 0 bridgehead atoms. The van der Waals surface area contributed by atoms with Crippen molar-refractivity contribution in [3.63, 3.8) is 0 Å². The summed E-state index contributed by atoms with van der Waals surface area (Å²) in [4.78, 5) is 0. The second-order valence-electron chi connectivity index (χ2n) is 29.1. The predicted molar refractivity (Wildman–Crippen MR) is 319 cm³/mol. The first-order valence-corrected chi connectivity index (χ1v) is 27.8. The highest BCUT2D eigenvalue weighted by atomic mass is 16.3. The van der Waals surface area contributed by atoms with E-state index in [-0.39, 0.29) is 32.5 Å². The van der Waals surface area contributed by atoms with Gasteiger partial charge in [0.25, 0.3) is 0 Å². The molecule has 7 aromatic carbocycles. The van der Waals surface area contributed by atoms with Crippen molar-refractivity contribution in [3.05, 3.63) is 156 Å². The maximum Gasteiger partial charge on any atom is 0.127 e. The molecule has 3 aliphatic carbocycles. The van der Waals surface area contributed by atoms with Crippen molar-refractivity contribution in [1.82, 2.24) is 0 Å². The summed E-state index contributed by atoms with van der Waals surface area (Å²) in [6, 6.07) is 27.2. The van der Waals surface area contributed by atoms with Crippen molar-refractivity contribution in [2.24, 2.45) is 0 Å². The zero-order valence-electron chi connectivity index (χ0n) is 49.4. The van der Waals surface area contributed by atoms with Crippen molar-refractivity contribution < 1.29 is 15.3 Å². The zero-order valence-corrected chi connectivity index (χ0v) is 49.4. The fraction of sp³-hybridized carbons (Fsp3) is 0.417. The van der Waals surface area contributed by atoms with Gasteiger partial charge in [-0.3, -0.25) is 0 Å². The van der Waals surface area contributed by atoms with Gasteiger partial charge in [-0.15, -0.1) is 0 Å². The van der Waals surface area contributed by atoms with Gasteiger partial charge < -0.3 is 15.3 Å². The Morgan fingerprint density at radius 3 is 0.693 bits per heavy atom. The highest BCUT2D eigenvalue weighted by Gasteiger charge is 2.40. The molecule has 75 heavy (non-hydrogen) atoms. The van der Waals surface area contributed by atoms with Gasteiger partial charge in [0.15, 0.2) is 0 Å². The van der Waals surface area contributed by atoms with E-state index in [1.807, 2.05) is 0 Å². The van der Waals surface area contributed by atoms with Gasteiger partial charge in [-0.25, -0.2) is 0 Å². The minimum absolute atomic E-state index is 0.157. The lowest BCUT2D eigenvalue weighted by atomic mass is 9.73. The van der Waals surface area contributed by atoms with E-state index in [0.717, 1.165) is 50.1 Å². The van der Waals surface area contributed by atoms with Crippen LogP contribution in [0.1, 0.15) is 208 Å². The number of phenols is 3. The number of phenolic OH excluding ortho intramolecular Hbond substituents is 3. The Kier molecular flexibility index (Phi) is 11.7. The van der Waals surface area contributed by atoms with Gasteiger partial charge >= 0.3 is 0 Å². The molecular formula is C72H84O3. The Bertz CT molecular complexity index is 3200. The van der Waals surface area contributed by atoms with Crippen LogP contribution in [0, 0.1) is 20.8 Å². The molecule has 3 heteroatoms. The fourth-order valence-corrected chi connectivity index (χ4v) is 13.9. The third-order valence-electron chi connectivity index (χ3n) is 17.4. The first-order chi connectivity index (χ1) is 34.5. The SMILES string of the molecule is Cc1c(-c2cc(C(C)(C)C)c(O)c3c2Cc2cccc(C(C)(C)C)c2-3)c(C)c(-c2cc(C(C)(C)C)c(O)c3c2Cc2cccc(C(C)(C)C)c2-3)c(C)c1-c1cc(C(C)(C)C)c(O)c2c1Cc1cccc(C(C)(C)C)c1-2. The highest BCUT2D eigenvalue weighted by molar-refractivity contribution is 6.02. The molecule has 3 N–H and O–H groups in total. The van der Waals surface area contributed by atoms with Crippen molar-refractivity contribution in [3.8, 4) is 84.0 Å². The van der Waals surface area contributed by atoms with Crippen molar-refractivity contribution in [1.29, 1.82) is 0 Å². The number of rotatable bonds is 3. The minimum atomic E-state index is -0.378. The molecule has 0 atom stereocenters. The van der Waals surface area contributed by atoms with Gasteiger partial charge in [0, 0.05) is 33.4 Å². The second kappa shape index (κ2) is 16.7. The number of hydrogen-bond acceptors (Lipinski definition) is 3. The molecule has 0 spiro atoms. The van der Waals surface area contributed by atoms with Crippen molar-refractivity contribution in [2.45, 2.75) is 197 Å². The van der Waals surface area contributed by atoms with Crippen LogP contribution in [0.2, 0.25) is 0 Å². The van der Waals surface area contributed by atoms with E-state index >= 15 is 0 Å². The van der Waals surface area contributed by atoms with E-state index < -0.39 is 0 Å². The Morgan fingerprint density at radius 1 is 0.280 bits per heavy atom. The summed E-state index contributed by atoms with van der Waals surface area (Å²) in [6.45, 7) is 47.6. The molecule has 390 valence electrons. The lowest BCUT2D eigenvalue weighted by Crippen LogP contribution is -2.15. The maximum absolute atomic E-state index is 12.9. The first kappa shape index (κ1) is 52.4.